The van der Waals surface area contributed by atoms with E-state index < -0.39 is 20.2 Å². The first-order valence-electron chi connectivity index (χ1n) is 15.1. The monoisotopic (exact) mass is 611 g/mol. The molecule has 0 aromatic heterocycles. The lowest BCUT2D eigenvalue weighted by molar-refractivity contribution is 0.0701. The molecule has 2 saturated heterocycles. The first kappa shape index (κ1) is 32.4. The lowest BCUT2D eigenvalue weighted by Crippen LogP contribution is -2.50. The van der Waals surface area contributed by atoms with Crippen molar-refractivity contribution in [2.24, 2.45) is 5.92 Å². The van der Waals surface area contributed by atoms with Gasteiger partial charge in [0.25, 0.3) is 10.2 Å². The van der Waals surface area contributed by atoms with E-state index >= 15 is 0 Å². The molecule has 0 radical (unpaired) electrons. The number of sulfonamides is 1. The van der Waals surface area contributed by atoms with Gasteiger partial charge in [-0.15, -0.1) is 0 Å². The first-order valence-corrected chi connectivity index (χ1v) is 17.9. The van der Waals surface area contributed by atoms with Crippen LogP contribution in [0.2, 0.25) is 0 Å². The lowest BCUT2D eigenvalue weighted by Gasteiger charge is -2.35. The zero-order valence-electron chi connectivity index (χ0n) is 24.9. The van der Waals surface area contributed by atoms with Crippen molar-refractivity contribution in [1.29, 1.82) is 0 Å². The quantitative estimate of drug-likeness (QED) is 0.438. The predicted octanol–water partition coefficient (Wildman–Crippen LogP) is 2.85. The molecule has 1 aliphatic carbocycles. The average Bonchev–Trinajstić information content (AvgIpc) is 2.96. The molecule has 41 heavy (non-hydrogen) atoms. The Labute approximate surface area is 248 Å². The number of morpholine rings is 1. The van der Waals surface area contributed by atoms with Gasteiger partial charge in [0.2, 0.25) is 10.0 Å². The van der Waals surface area contributed by atoms with Crippen molar-refractivity contribution in [3.63, 3.8) is 0 Å². The minimum absolute atomic E-state index is 0.0789. The van der Waals surface area contributed by atoms with Crippen LogP contribution < -0.4 is 4.90 Å². The summed E-state index contributed by atoms with van der Waals surface area (Å²) < 4.78 is 65.0. The third-order valence-electron chi connectivity index (χ3n) is 8.42. The molecule has 2 aliphatic heterocycles. The van der Waals surface area contributed by atoms with E-state index in [0.717, 1.165) is 31.7 Å². The molecule has 232 valence electrons. The molecule has 0 spiro atoms. The molecule has 0 bridgehead atoms. The number of hydrogen-bond acceptors (Lipinski definition) is 7. The largest absolute Gasteiger partial charge is 0.379 e. The maximum absolute atomic E-state index is 13.9. The molecule has 3 fully saturated rings. The first-order chi connectivity index (χ1) is 19.6. The van der Waals surface area contributed by atoms with Crippen molar-refractivity contribution in [2.45, 2.75) is 49.8 Å². The fourth-order valence-electron chi connectivity index (χ4n) is 6.09. The van der Waals surface area contributed by atoms with Crippen molar-refractivity contribution >= 4 is 25.9 Å². The zero-order valence-corrected chi connectivity index (χ0v) is 26.5. The normalized spacial score (nSPS) is 23.1. The van der Waals surface area contributed by atoms with Crippen LogP contribution in [0.3, 0.4) is 0 Å². The Morgan fingerprint density at radius 2 is 1.37 bits per heavy atom. The second kappa shape index (κ2) is 14.8. The number of benzene rings is 1. The summed E-state index contributed by atoms with van der Waals surface area (Å²) >= 11 is 0. The topological polar surface area (TPSA) is 93.7 Å². The molecule has 10 nitrogen and oxygen atoms in total. The molecule has 0 amide bonds. The van der Waals surface area contributed by atoms with Gasteiger partial charge in [0.15, 0.2) is 0 Å². The van der Waals surface area contributed by atoms with Crippen LogP contribution in [0.4, 0.5) is 5.69 Å². The summed E-state index contributed by atoms with van der Waals surface area (Å²) in [5, 5.41) is 0. The number of nitrogens with zero attached hydrogens (tertiary/aromatic N) is 5. The van der Waals surface area contributed by atoms with E-state index in [1.165, 1.54) is 45.0 Å². The second-order valence-electron chi connectivity index (χ2n) is 11.8. The van der Waals surface area contributed by atoms with E-state index in [4.69, 9.17) is 4.74 Å². The van der Waals surface area contributed by atoms with Gasteiger partial charge < -0.3 is 14.5 Å². The molecule has 0 atom stereocenters. The van der Waals surface area contributed by atoms with E-state index in [0.29, 0.717) is 57.3 Å². The van der Waals surface area contributed by atoms with Gasteiger partial charge in [-0.3, -0.25) is 0 Å². The van der Waals surface area contributed by atoms with Crippen LogP contribution in [0, 0.1) is 5.92 Å². The molecule has 0 N–H and O–H groups in total. The zero-order chi connectivity index (χ0) is 29.5. The molecule has 1 aromatic carbocycles. The minimum atomic E-state index is -3.80. The molecular formula is C29H49N5O5S2. The minimum Gasteiger partial charge on any atom is -0.379 e. The number of anilines is 1. The number of hydrogen-bond donors (Lipinski definition) is 0. The maximum Gasteiger partial charge on any atom is 0.282 e. The van der Waals surface area contributed by atoms with Gasteiger partial charge in [0.1, 0.15) is 0 Å². The number of rotatable bonds is 7. The van der Waals surface area contributed by atoms with Crippen molar-refractivity contribution in [2.75, 3.05) is 91.1 Å². The third kappa shape index (κ3) is 8.75. The van der Waals surface area contributed by atoms with Crippen LogP contribution >= 0.6 is 0 Å². The Bertz CT molecular complexity index is 1190. The van der Waals surface area contributed by atoms with Gasteiger partial charge in [-0.1, -0.05) is 25.8 Å². The van der Waals surface area contributed by atoms with Crippen molar-refractivity contribution in [3.05, 3.63) is 36.4 Å². The molecule has 4 rings (SSSR count). The highest BCUT2D eigenvalue weighted by atomic mass is 32.2. The van der Waals surface area contributed by atoms with Gasteiger partial charge in [-0.25, -0.2) is 8.42 Å². The maximum atomic E-state index is 13.9. The van der Waals surface area contributed by atoms with Crippen LogP contribution in [-0.2, 0) is 25.0 Å². The molecule has 2 heterocycles. The summed E-state index contributed by atoms with van der Waals surface area (Å²) in [7, 11) is -3.71. The summed E-state index contributed by atoms with van der Waals surface area (Å²) in [6, 6.07) is 6.91. The fraction of sp³-hybridized carbons (Fsp3) is 0.724. The fourth-order valence-corrected chi connectivity index (χ4v) is 9.23. The van der Waals surface area contributed by atoms with Crippen LogP contribution in [-0.4, -0.2) is 121 Å². The van der Waals surface area contributed by atoms with Crippen LogP contribution in [0.5, 0.6) is 0 Å². The van der Waals surface area contributed by atoms with Gasteiger partial charge in [-0.2, -0.15) is 21.3 Å². The Kier molecular flexibility index (Phi) is 11.7. The molecular weight excluding hydrogens is 562 g/mol. The van der Waals surface area contributed by atoms with Crippen molar-refractivity contribution in [1.82, 2.24) is 17.8 Å². The molecule has 1 saturated carbocycles. The highest BCUT2D eigenvalue weighted by Gasteiger charge is 2.33. The Morgan fingerprint density at radius 3 is 1.98 bits per heavy atom. The third-order valence-corrected chi connectivity index (χ3v) is 12.3. The Morgan fingerprint density at radius 1 is 0.780 bits per heavy atom. The van der Waals surface area contributed by atoms with E-state index in [1.54, 1.807) is 24.3 Å². The average molecular weight is 612 g/mol. The van der Waals surface area contributed by atoms with Gasteiger partial charge in [0, 0.05) is 65.6 Å². The summed E-state index contributed by atoms with van der Waals surface area (Å²) in [6.07, 6.45) is 7.75. The van der Waals surface area contributed by atoms with Crippen LogP contribution in [0.25, 0.3) is 0 Å². The lowest BCUT2D eigenvalue weighted by atomic mass is 9.89. The molecule has 1 aromatic rings. The predicted molar refractivity (Wildman–Crippen MR) is 164 cm³/mol. The van der Waals surface area contributed by atoms with E-state index in [2.05, 4.69) is 11.5 Å². The van der Waals surface area contributed by atoms with Gasteiger partial charge in [-0.05, 0) is 74.5 Å². The molecule has 3 aliphatic rings. The van der Waals surface area contributed by atoms with E-state index in [-0.39, 0.29) is 18.0 Å². The smallest absolute Gasteiger partial charge is 0.282 e. The highest BCUT2D eigenvalue weighted by Crippen LogP contribution is 2.26. The SMILES string of the molecule is C=C1CN(S(=O)(=O)c2ccc(N(C)C)cc2)CCCN(CC2CCCCC2)CCCN(S(=O)(=O)N2CCOCC2)C1. The molecule has 12 heteroatoms. The van der Waals surface area contributed by atoms with Crippen molar-refractivity contribution < 1.29 is 21.6 Å². The Balaban J connectivity index is 1.57. The summed E-state index contributed by atoms with van der Waals surface area (Å²) in [5.74, 6) is 0.652. The van der Waals surface area contributed by atoms with Crippen molar-refractivity contribution in [3.8, 4) is 0 Å². The van der Waals surface area contributed by atoms with Gasteiger partial charge >= 0.3 is 0 Å². The standard InChI is InChI=1S/C29H49N5O5S2/c1-26-23-33(40(35,36)29-13-11-28(12-14-29)30(2)3)17-7-15-31(25-27-9-5-4-6-10-27)16-8-18-34(24-26)41(37,38)32-19-21-39-22-20-32/h11-14,27H,1,4-10,15-25H2,2-3H3. The van der Waals surface area contributed by atoms with E-state index in [9.17, 15) is 16.8 Å². The Hall–Kier alpha value is -1.54. The van der Waals surface area contributed by atoms with Crippen LogP contribution in [0.15, 0.2) is 41.3 Å². The summed E-state index contributed by atoms with van der Waals surface area (Å²) in [6.45, 7) is 9.02. The van der Waals surface area contributed by atoms with E-state index in [1.807, 2.05) is 19.0 Å². The summed E-state index contributed by atoms with van der Waals surface area (Å²) in [5.41, 5.74) is 1.49. The number of ether oxygens (including phenoxy) is 1. The second-order valence-corrected chi connectivity index (χ2v) is 15.7. The highest BCUT2D eigenvalue weighted by molar-refractivity contribution is 7.89. The van der Waals surface area contributed by atoms with Gasteiger partial charge in [0.05, 0.1) is 18.1 Å². The summed E-state index contributed by atoms with van der Waals surface area (Å²) in [4.78, 5) is 4.60. The molecule has 0 unspecified atom stereocenters. The van der Waals surface area contributed by atoms with Crippen LogP contribution in [0.1, 0.15) is 44.9 Å².